The van der Waals surface area contributed by atoms with Gasteiger partial charge in [0.25, 0.3) is 0 Å². The molecule has 0 spiro atoms. The lowest BCUT2D eigenvalue weighted by molar-refractivity contribution is -0.131. The summed E-state index contributed by atoms with van der Waals surface area (Å²) >= 11 is 11.3. The smallest absolute Gasteiger partial charge is 0.246 e. The number of benzene rings is 2. The van der Waals surface area contributed by atoms with Gasteiger partial charge in [-0.3, -0.25) is 4.79 Å². The average molecular weight is 324 g/mol. The minimum absolute atomic E-state index is 0.0477. The number of hydrogen-bond acceptors (Lipinski definition) is 2. The van der Waals surface area contributed by atoms with Gasteiger partial charge in [-0.1, -0.05) is 53.5 Å². The molecule has 1 N–H and O–H groups in total. The highest BCUT2D eigenvalue weighted by Crippen LogP contribution is 2.18. The van der Waals surface area contributed by atoms with Crippen molar-refractivity contribution in [3.8, 4) is 0 Å². The largest absolute Gasteiger partial charge is 0.369 e. The maximum absolute atomic E-state index is 11.1. The number of ether oxygens (including phenoxy) is 1. The van der Waals surface area contributed by atoms with Crippen molar-refractivity contribution in [3.05, 3.63) is 70.2 Å². The Kier molecular flexibility index (Phi) is 6.05. The number of morpholine rings is 1. The van der Waals surface area contributed by atoms with Crippen molar-refractivity contribution in [2.75, 3.05) is 13.2 Å². The molecule has 1 aliphatic rings. The first-order chi connectivity index (χ1) is 10.1. The highest BCUT2D eigenvalue weighted by molar-refractivity contribution is 6.30. The summed E-state index contributed by atoms with van der Waals surface area (Å²) in [6, 6.07) is 16.8. The van der Waals surface area contributed by atoms with Crippen LogP contribution in [0.1, 0.15) is 11.6 Å². The molecule has 3 rings (SSSR count). The summed E-state index contributed by atoms with van der Waals surface area (Å²) in [5.41, 5.74) is 1.02. The van der Waals surface area contributed by atoms with E-state index in [0.717, 1.165) is 10.6 Å². The molecule has 1 atom stereocenters. The second-order valence-electron chi connectivity index (χ2n) is 4.48. The molecule has 1 aliphatic heterocycles. The molecule has 0 radical (unpaired) electrons. The maximum atomic E-state index is 11.1. The molecule has 110 valence electrons. The van der Waals surface area contributed by atoms with Gasteiger partial charge >= 0.3 is 0 Å². The Balaban J connectivity index is 0.000000194. The third-order valence-corrected chi connectivity index (χ3v) is 3.36. The number of hydrogen-bond donors (Lipinski definition) is 1. The van der Waals surface area contributed by atoms with Gasteiger partial charge in [-0.15, -0.1) is 0 Å². The quantitative estimate of drug-likeness (QED) is 0.865. The molecule has 3 nitrogen and oxygen atoms in total. The molecule has 21 heavy (non-hydrogen) atoms. The van der Waals surface area contributed by atoms with E-state index in [2.05, 4.69) is 5.32 Å². The Morgan fingerprint density at radius 3 is 2.10 bits per heavy atom. The number of rotatable bonds is 1. The predicted molar refractivity (Wildman–Crippen MR) is 84.6 cm³/mol. The molecule has 1 saturated heterocycles. The summed E-state index contributed by atoms with van der Waals surface area (Å²) in [6.07, 6.45) is 0. The molecule has 1 unspecified atom stereocenters. The fourth-order valence-corrected chi connectivity index (χ4v) is 2.11. The number of carbonyl (C=O) groups is 1. The zero-order chi connectivity index (χ0) is 15.1. The molecule has 2 aromatic carbocycles. The van der Waals surface area contributed by atoms with Gasteiger partial charge in [0.15, 0.2) is 0 Å². The molecule has 5 heteroatoms. The standard InChI is InChI=1S/C10H10ClNO2.C6H5Cl/c11-8-3-1-7(2-4-8)9-5-14-6-10(13)12-9;7-6-4-2-1-3-5-6/h1-4,9H,5-6H2,(H,12,13);1-5H. The monoisotopic (exact) mass is 323 g/mol. The third kappa shape index (κ3) is 5.38. The van der Waals surface area contributed by atoms with E-state index in [1.54, 1.807) is 12.1 Å². The molecule has 0 aliphatic carbocycles. The Morgan fingerprint density at radius 1 is 0.952 bits per heavy atom. The lowest BCUT2D eigenvalue weighted by atomic mass is 10.1. The van der Waals surface area contributed by atoms with Crippen LogP contribution in [0.5, 0.6) is 0 Å². The highest BCUT2D eigenvalue weighted by atomic mass is 35.5. The van der Waals surface area contributed by atoms with E-state index in [-0.39, 0.29) is 18.6 Å². The number of nitrogens with one attached hydrogen (secondary N) is 1. The van der Waals surface area contributed by atoms with Crippen LogP contribution in [0.3, 0.4) is 0 Å². The Bertz CT molecular complexity index is 573. The van der Waals surface area contributed by atoms with Crippen molar-refractivity contribution < 1.29 is 9.53 Å². The topological polar surface area (TPSA) is 38.3 Å². The summed E-state index contributed by atoms with van der Waals surface area (Å²) in [4.78, 5) is 11.1. The molecular formula is C16H15Cl2NO2. The van der Waals surface area contributed by atoms with Crippen molar-refractivity contribution >= 4 is 29.1 Å². The van der Waals surface area contributed by atoms with Crippen LogP contribution in [0.25, 0.3) is 0 Å². The fourth-order valence-electron chi connectivity index (χ4n) is 1.84. The fraction of sp³-hybridized carbons (Fsp3) is 0.188. The molecule has 0 bridgehead atoms. The summed E-state index contributed by atoms with van der Waals surface area (Å²) in [6.45, 7) is 0.678. The van der Waals surface area contributed by atoms with Crippen LogP contribution in [0.2, 0.25) is 10.0 Å². The molecule has 2 aromatic rings. The van der Waals surface area contributed by atoms with Crippen LogP contribution in [0, 0.1) is 0 Å². The van der Waals surface area contributed by atoms with Crippen molar-refractivity contribution in [1.82, 2.24) is 5.32 Å². The first-order valence-corrected chi connectivity index (χ1v) is 7.24. The maximum Gasteiger partial charge on any atom is 0.246 e. The minimum Gasteiger partial charge on any atom is -0.369 e. The molecular weight excluding hydrogens is 309 g/mol. The summed E-state index contributed by atoms with van der Waals surface area (Å²) in [5, 5.41) is 4.33. The van der Waals surface area contributed by atoms with Crippen LogP contribution in [0.15, 0.2) is 54.6 Å². The zero-order valence-electron chi connectivity index (χ0n) is 11.3. The minimum atomic E-state index is -0.0730. The number of halogens is 2. The van der Waals surface area contributed by atoms with E-state index < -0.39 is 0 Å². The lowest BCUT2D eigenvalue weighted by Crippen LogP contribution is -2.39. The van der Waals surface area contributed by atoms with Crippen molar-refractivity contribution in [3.63, 3.8) is 0 Å². The summed E-state index contributed by atoms with van der Waals surface area (Å²) in [5.74, 6) is -0.0730. The van der Waals surface area contributed by atoms with Gasteiger partial charge in [0.1, 0.15) is 6.61 Å². The highest BCUT2D eigenvalue weighted by Gasteiger charge is 2.19. The van der Waals surface area contributed by atoms with Crippen LogP contribution in [-0.2, 0) is 9.53 Å². The molecule has 1 amide bonds. The second kappa shape index (κ2) is 8.03. The Morgan fingerprint density at radius 2 is 1.57 bits per heavy atom. The second-order valence-corrected chi connectivity index (χ2v) is 5.36. The number of amides is 1. The van der Waals surface area contributed by atoms with Crippen molar-refractivity contribution in [2.45, 2.75) is 6.04 Å². The Labute approximate surface area is 133 Å². The van der Waals surface area contributed by atoms with Crippen LogP contribution >= 0.6 is 23.2 Å². The molecule has 1 fully saturated rings. The summed E-state index contributed by atoms with van der Waals surface area (Å²) < 4.78 is 5.13. The SMILES string of the molecule is Clc1ccccc1.O=C1COCC(c2ccc(Cl)cc2)N1. The van der Waals surface area contributed by atoms with Gasteiger partial charge in [0.2, 0.25) is 5.91 Å². The van der Waals surface area contributed by atoms with E-state index in [1.165, 1.54) is 0 Å². The summed E-state index contributed by atoms with van der Waals surface area (Å²) in [7, 11) is 0. The first kappa shape index (κ1) is 15.8. The van der Waals surface area contributed by atoms with Crippen LogP contribution < -0.4 is 5.32 Å². The van der Waals surface area contributed by atoms with E-state index >= 15 is 0 Å². The van der Waals surface area contributed by atoms with Gasteiger partial charge in [-0.25, -0.2) is 0 Å². The predicted octanol–water partition coefficient (Wildman–Crippen LogP) is 3.87. The van der Waals surface area contributed by atoms with Crippen molar-refractivity contribution in [2.24, 2.45) is 0 Å². The first-order valence-electron chi connectivity index (χ1n) is 6.48. The molecule has 0 saturated carbocycles. The van der Waals surface area contributed by atoms with E-state index in [0.29, 0.717) is 11.6 Å². The third-order valence-electron chi connectivity index (χ3n) is 2.86. The Hall–Kier alpha value is -1.55. The average Bonchev–Trinajstić information content (AvgIpc) is 2.49. The van der Waals surface area contributed by atoms with Gasteiger partial charge in [-0.2, -0.15) is 0 Å². The van der Waals surface area contributed by atoms with E-state index in [4.69, 9.17) is 27.9 Å². The van der Waals surface area contributed by atoms with Gasteiger partial charge in [-0.05, 0) is 29.8 Å². The van der Waals surface area contributed by atoms with Crippen molar-refractivity contribution in [1.29, 1.82) is 0 Å². The zero-order valence-corrected chi connectivity index (χ0v) is 12.8. The van der Waals surface area contributed by atoms with E-state index in [1.807, 2.05) is 42.5 Å². The van der Waals surface area contributed by atoms with Crippen LogP contribution in [0.4, 0.5) is 0 Å². The number of carbonyl (C=O) groups excluding carboxylic acids is 1. The van der Waals surface area contributed by atoms with E-state index in [9.17, 15) is 4.79 Å². The van der Waals surface area contributed by atoms with Gasteiger partial charge < -0.3 is 10.1 Å². The lowest BCUT2D eigenvalue weighted by Gasteiger charge is -2.23. The van der Waals surface area contributed by atoms with Crippen LogP contribution in [-0.4, -0.2) is 19.1 Å². The van der Waals surface area contributed by atoms with Gasteiger partial charge in [0.05, 0.1) is 12.6 Å². The molecule has 0 aromatic heterocycles. The molecule has 1 heterocycles. The normalized spacial score (nSPS) is 17.4. The van der Waals surface area contributed by atoms with Gasteiger partial charge in [0, 0.05) is 10.0 Å².